The molecule has 1 spiro atoms. The van der Waals surface area contributed by atoms with Gasteiger partial charge in [-0.25, -0.2) is 0 Å². The molecule has 3 aliphatic rings. The van der Waals surface area contributed by atoms with Crippen molar-refractivity contribution in [3.63, 3.8) is 0 Å². The number of unbranched alkanes of at least 4 members (excludes halogenated alkanes) is 1. The topological polar surface area (TPSA) is 96.4 Å². The van der Waals surface area contributed by atoms with Crippen molar-refractivity contribution in [2.45, 2.75) is 115 Å². The van der Waals surface area contributed by atoms with E-state index in [4.69, 9.17) is 9.47 Å². The van der Waals surface area contributed by atoms with Crippen LogP contribution in [0.5, 0.6) is 0 Å². The Morgan fingerprint density at radius 2 is 1.95 bits per heavy atom. The van der Waals surface area contributed by atoms with Gasteiger partial charge in [0.25, 0.3) is 0 Å². The van der Waals surface area contributed by atoms with Crippen molar-refractivity contribution in [3.8, 4) is 0 Å². The van der Waals surface area contributed by atoms with Gasteiger partial charge < -0.3 is 24.4 Å². The maximum Gasteiger partial charge on any atom is 0.312 e. The van der Waals surface area contributed by atoms with Crippen LogP contribution in [0, 0.1) is 17.8 Å². The number of aliphatic hydroxyl groups is 1. The van der Waals surface area contributed by atoms with Crippen molar-refractivity contribution in [3.05, 3.63) is 25.3 Å². The molecule has 39 heavy (non-hydrogen) atoms. The van der Waals surface area contributed by atoms with Crippen molar-refractivity contribution in [2.24, 2.45) is 17.8 Å². The number of nitrogens with zero attached hydrogens (tertiary/aromatic N) is 2. The first-order chi connectivity index (χ1) is 18.6. The van der Waals surface area contributed by atoms with E-state index in [2.05, 4.69) is 20.1 Å². The molecule has 0 saturated carbocycles. The number of hydrogen-bond acceptors (Lipinski definition) is 6. The quantitative estimate of drug-likeness (QED) is 0.177. The molecule has 0 aromatic carbocycles. The maximum absolute atomic E-state index is 14.6. The van der Waals surface area contributed by atoms with Gasteiger partial charge in [0.05, 0.1) is 30.8 Å². The number of likely N-dealkylation sites (tertiary alicyclic amines) is 1. The number of hydrogen-bond donors (Lipinski definition) is 1. The Bertz CT molecular complexity index is 923. The second kappa shape index (κ2) is 13.0. The Labute approximate surface area is 234 Å². The molecule has 3 fully saturated rings. The van der Waals surface area contributed by atoms with Gasteiger partial charge in [0.2, 0.25) is 11.8 Å². The molecule has 1 N–H and O–H groups in total. The summed E-state index contributed by atoms with van der Waals surface area (Å²) in [5.74, 6) is -2.56. The molecule has 220 valence electrons. The lowest BCUT2D eigenvalue weighted by atomic mass is 9.65. The third-order valence-electron chi connectivity index (χ3n) is 9.60. The van der Waals surface area contributed by atoms with E-state index in [1.165, 1.54) is 0 Å². The summed E-state index contributed by atoms with van der Waals surface area (Å²) in [6.07, 6.45) is 8.96. The number of carbonyl (C=O) groups is 3. The molecule has 0 aromatic rings. The van der Waals surface area contributed by atoms with Crippen molar-refractivity contribution >= 4 is 17.8 Å². The molecule has 0 aliphatic carbocycles. The molecule has 3 saturated heterocycles. The normalized spacial score (nSPS) is 31.5. The Morgan fingerprint density at radius 1 is 1.23 bits per heavy atom. The van der Waals surface area contributed by atoms with Crippen molar-refractivity contribution in [1.82, 2.24) is 9.80 Å². The molecule has 3 heterocycles. The molecule has 8 heteroatoms. The van der Waals surface area contributed by atoms with Gasteiger partial charge in [0, 0.05) is 12.6 Å². The van der Waals surface area contributed by atoms with Crippen LogP contribution in [0.1, 0.15) is 86.0 Å². The molecule has 3 rings (SSSR count). The first-order valence-corrected chi connectivity index (χ1v) is 15.0. The van der Waals surface area contributed by atoms with Gasteiger partial charge in [-0.2, -0.15) is 0 Å². The summed E-state index contributed by atoms with van der Waals surface area (Å²) < 4.78 is 12.6. The van der Waals surface area contributed by atoms with Gasteiger partial charge >= 0.3 is 5.97 Å². The highest BCUT2D eigenvalue weighted by atomic mass is 16.6. The van der Waals surface area contributed by atoms with Crippen LogP contribution in [-0.2, 0) is 23.9 Å². The zero-order valence-electron chi connectivity index (χ0n) is 24.7. The van der Waals surface area contributed by atoms with Gasteiger partial charge in [0.1, 0.15) is 17.6 Å². The summed E-state index contributed by atoms with van der Waals surface area (Å²) >= 11 is 0. The van der Waals surface area contributed by atoms with Crippen LogP contribution in [0.3, 0.4) is 0 Å². The lowest BCUT2D eigenvalue weighted by Gasteiger charge is -2.42. The minimum Gasteiger partial charge on any atom is -0.465 e. The molecule has 8 nitrogen and oxygen atoms in total. The largest absolute Gasteiger partial charge is 0.465 e. The van der Waals surface area contributed by atoms with Crippen LogP contribution < -0.4 is 0 Å². The fraction of sp³-hybridized carbons (Fsp3) is 0.774. The Kier molecular flexibility index (Phi) is 10.4. The minimum absolute atomic E-state index is 0.0490. The average Bonchev–Trinajstić information content (AvgIpc) is 3.53. The summed E-state index contributed by atoms with van der Waals surface area (Å²) in [5, 5.41) is 10.5. The first kappa shape index (κ1) is 31.3. The monoisotopic (exact) mass is 546 g/mol. The molecule has 2 bridgehead atoms. The van der Waals surface area contributed by atoms with Crippen LogP contribution >= 0.6 is 0 Å². The number of allylic oxidation sites excluding steroid dienone is 1. The second-order valence-corrected chi connectivity index (χ2v) is 11.7. The number of fused-ring (bicyclic) bond motifs is 1. The predicted molar refractivity (Wildman–Crippen MR) is 151 cm³/mol. The summed E-state index contributed by atoms with van der Waals surface area (Å²) in [6, 6.07) is -1.55. The van der Waals surface area contributed by atoms with E-state index >= 15 is 0 Å². The Morgan fingerprint density at radius 3 is 2.51 bits per heavy atom. The minimum atomic E-state index is -1.14. The lowest BCUT2D eigenvalue weighted by Crippen LogP contribution is -2.61. The summed E-state index contributed by atoms with van der Waals surface area (Å²) in [6.45, 7) is 18.0. The molecule has 3 unspecified atom stereocenters. The Balaban J connectivity index is 2.12. The first-order valence-electron chi connectivity index (χ1n) is 15.0. The molecular formula is C31H50N2O6. The molecule has 3 aliphatic heterocycles. The number of rotatable bonds is 16. The summed E-state index contributed by atoms with van der Waals surface area (Å²) in [4.78, 5) is 46.1. The van der Waals surface area contributed by atoms with Crippen LogP contribution in [0.2, 0.25) is 0 Å². The zero-order valence-corrected chi connectivity index (χ0v) is 24.7. The fourth-order valence-electron chi connectivity index (χ4n) is 7.31. The highest BCUT2D eigenvalue weighted by Crippen LogP contribution is 2.65. The van der Waals surface area contributed by atoms with E-state index in [9.17, 15) is 19.5 Å². The molecule has 2 amide bonds. The standard InChI is InChI=1S/C31H50N2O6/c1-8-13-14-19-38-29(37)25-24-27(35)33(23(20-34)21(6)11-4)26(31(24)17-16-30(25,12-5)39-31)28(36)32(18-10-3)22(7)15-9-2/h8,10,21-26,34H,1,3,9,11-20H2,2,4-7H3/t21-,22?,23-,24-,25-,26?,30+,31?/m0/s1. The van der Waals surface area contributed by atoms with Gasteiger partial charge in [-0.3, -0.25) is 14.4 Å². The maximum atomic E-state index is 14.6. The number of aliphatic hydroxyl groups excluding tert-OH is 1. The highest BCUT2D eigenvalue weighted by Gasteiger charge is 2.79. The van der Waals surface area contributed by atoms with E-state index in [0.717, 1.165) is 25.7 Å². The molecule has 0 aromatic heterocycles. The van der Waals surface area contributed by atoms with Gasteiger partial charge in [-0.15, -0.1) is 13.2 Å². The number of esters is 1. The van der Waals surface area contributed by atoms with Crippen LogP contribution in [0.25, 0.3) is 0 Å². The SMILES string of the molecule is C=CCCCOC(=O)[C@@H]1[C@H]2C(=O)N([C@@H](CO)[C@@H](C)CC)C(C(=O)N(CC=C)C(C)CCC)C23CC[C@@]1(CC)O3. The van der Waals surface area contributed by atoms with Crippen LogP contribution in [0.4, 0.5) is 0 Å². The molecule has 8 atom stereocenters. The summed E-state index contributed by atoms with van der Waals surface area (Å²) in [7, 11) is 0. The van der Waals surface area contributed by atoms with Crippen LogP contribution in [0.15, 0.2) is 25.3 Å². The van der Waals surface area contributed by atoms with Gasteiger partial charge in [0.15, 0.2) is 0 Å². The number of ether oxygens (including phenoxy) is 2. The fourth-order valence-corrected chi connectivity index (χ4v) is 7.31. The highest BCUT2D eigenvalue weighted by molar-refractivity contribution is 5.99. The van der Waals surface area contributed by atoms with Crippen molar-refractivity contribution < 1.29 is 29.0 Å². The third kappa shape index (κ3) is 5.31. The van der Waals surface area contributed by atoms with Crippen LogP contribution in [-0.4, -0.2) is 81.8 Å². The summed E-state index contributed by atoms with van der Waals surface area (Å²) in [5.41, 5.74) is -1.98. The van der Waals surface area contributed by atoms with E-state index in [1.807, 2.05) is 27.7 Å². The van der Waals surface area contributed by atoms with E-state index < -0.39 is 41.1 Å². The zero-order chi connectivity index (χ0) is 29.0. The third-order valence-corrected chi connectivity index (χ3v) is 9.60. The van der Waals surface area contributed by atoms with Gasteiger partial charge in [-0.05, 0) is 51.4 Å². The number of amides is 2. The van der Waals surface area contributed by atoms with Gasteiger partial charge in [-0.1, -0.05) is 52.7 Å². The van der Waals surface area contributed by atoms with E-state index in [0.29, 0.717) is 32.2 Å². The lowest BCUT2D eigenvalue weighted by molar-refractivity contribution is -0.164. The smallest absolute Gasteiger partial charge is 0.312 e. The number of carbonyl (C=O) groups excluding carboxylic acids is 3. The van der Waals surface area contributed by atoms with Crippen molar-refractivity contribution in [1.29, 1.82) is 0 Å². The van der Waals surface area contributed by atoms with Crippen molar-refractivity contribution in [2.75, 3.05) is 19.8 Å². The van der Waals surface area contributed by atoms with E-state index in [1.54, 1.807) is 22.0 Å². The van der Waals surface area contributed by atoms with E-state index in [-0.39, 0.29) is 37.0 Å². The Hall–Kier alpha value is -2.19. The molecular weight excluding hydrogens is 496 g/mol. The molecule has 0 radical (unpaired) electrons. The average molecular weight is 547 g/mol. The second-order valence-electron chi connectivity index (χ2n) is 11.7. The predicted octanol–water partition coefficient (Wildman–Crippen LogP) is 4.26.